The molecule has 2 aromatic heterocycles. The third-order valence-electron chi connectivity index (χ3n) is 2.45. The van der Waals surface area contributed by atoms with E-state index in [0.717, 1.165) is 11.4 Å². The second-order valence-corrected chi connectivity index (χ2v) is 4.16. The van der Waals surface area contributed by atoms with Gasteiger partial charge in [0, 0.05) is 18.0 Å². The second-order valence-electron chi connectivity index (χ2n) is 4.16. The predicted octanol–water partition coefficient (Wildman–Crippen LogP) is 1.20. The van der Waals surface area contributed by atoms with E-state index in [1.54, 1.807) is 4.52 Å². The average molecular weight is 218 g/mol. The summed E-state index contributed by atoms with van der Waals surface area (Å²) in [6, 6.07) is 1.88. The van der Waals surface area contributed by atoms with Gasteiger partial charge in [0.15, 0.2) is 0 Å². The van der Waals surface area contributed by atoms with E-state index in [9.17, 15) is 4.79 Å². The van der Waals surface area contributed by atoms with Crippen molar-refractivity contribution in [2.75, 3.05) is 0 Å². The molecule has 0 aromatic carbocycles. The molecule has 0 aliphatic rings. The van der Waals surface area contributed by atoms with Crippen LogP contribution in [-0.4, -0.2) is 25.4 Å². The molecule has 0 spiro atoms. The van der Waals surface area contributed by atoms with Crippen LogP contribution < -0.4 is 0 Å². The number of aryl methyl sites for hydroxylation is 1. The number of aromatic nitrogens is 4. The highest BCUT2D eigenvalue weighted by Gasteiger charge is 2.12. The molecule has 2 rings (SSSR count). The molecule has 5 heteroatoms. The molecular formula is C11H14N4O. The number of nitrogens with zero attached hydrogens (tertiary/aromatic N) is 4. The Kier molecular flexibility index (Phi) is 2.68. The molecular weight excluding hydrogens is 204 g/mol. The summed E-state index contributed by atoms with van der Waals surface area (Å²) in [7, 11) is 0. The number of carbonyl (C=O) groups excluding carboxylic acids is 1. The van der Waals surface area contributed by atoms with Crippen molar-refractivity contribution < 1.29 is 4.79 Å². The topological polar surface area (TPSA) is 60.2 Å². The molecule has 0 aliphatic carbocycles. The van der Waals surface area contributed by atoms with Gasteiger partial charge in [-0.05, 0) is 13.0 Å². The zero-order valence-electron chi connectivity index (χ0n) is 9.64. The van der Waals surface area contributed by atoms with Crippen LogP contribution in [0.2, 0.25) is 0 Å². The molecule has 0 atom stereocenters. The van der Waals surface area contributed by atoms with Gasteiger partial charge in [0.25, 0.3) is 5.78 Å². The summed E-state index contributed by atoms with van der Waals surface area (Å²) in [5, 5.41) is 4.06. The van der Waals surface area contributed by atoms with Crippen molar-refractivity contribution in [3.8, 4) is 0 Å². The lowest BCUT2D eigenvalue weighted by atomic mass is 10.0. The lowest BCUT2D eigenvalue weighted by Crippen LogP contribution is -2.14. The summed E-state index contributed by atoms with van der Waals surface area (Å²) in [5.41, 5.74) is 1.70. The molecule has 0 fully saturated rings. The van der Waals surface area contributed by atoms with Crippen molar-refractivity contribution >= 4 is 11.6 Å². The molecule has 0 saturated heterocycles. The maximum Gasteiger partial charge on any atom is 0.252 e. The maximum absolute atomic E-state index is 11.7. The normalized spacial score (nSPS) is 11.2. The van der Waals surface area contributed by atoms with Crippen molar-refractivity contribution in [3.05, 3.63) is 23.8 Å². The number of hydrogen-bond acceptors (Lipinski definition) is 4. The van der Waals surface area contributed by atoms with Gasteiger partial charge in [-0.15, -0.1) is 0 Å². The number of Topliss-reactive ketones (excluding diaryl/α,β-unsaturated/α-hetero) is 1. The van der Waals surface area contributed by atoms with Crippen LogP contribution in [0.3, 0.4) is 0 Å². The molecule has 0 unspecified atom stereocenters. The van der Waals surface area contributed by atoms with Crippen LogP contribution in [0.5, 0.6) is 0 Å². The first-order chi connectivity index (χ1) is 7.58. The molecule has 0 saturated carbocycles. The highest BCUT2D eigenvalue weighted by molar-refractivity contribution is 5.82. The minimum Gasteiger partial charge on any atom is -0.299 e. The summed E-state index contributed by atoms with van der Waals surface area (Å²) in [5.74, 6) is 0.779. The first-order valence-corrected chi connectivity index (χ1v) is 5.27. The Hall–Kier alpha value is -1.78. The highest BCUT2D eigenvalue weighted by Crippen LogP contribution is 2.08. The molecule has 2 aromatic rings. The van der Waals surface area contributed by atoms with Gasteiger partial charge in [-0.25, -0.2) is 9.50 Å². The first kappa shape index (κ1) is 10.7. The van der Waals surface area contributed by atoms with Gasteiger partial charge < -0.3 is 0 Å². The fourth-order valence-corrected chi connectivity index (χ4v) is 1.52. The van der Waals surface area contributed by atoms with E-state index in [1.165, 1.54) is 6.33 Å². The Bertz CT molecular complexity index is 530. The van der Waals surface area contributed by atoms with E-state index in [2.05, 4.69) is 15.1 Å². The third-order valence-corrected chi connectivity index (χ3v) is 2.45. The molecule has 0 aliphatic heterocycles. The largest absolute Gasteiger partial charge is 0.299 e. The Balaban J connectivity index is 2.43. The Labute approximate surface area is 93.5 Å². The molecule has 0 N–H and O–H groups in total. The van der Waals surface area contributed by atoms with Gasteiger partial charge >= 0.3 is 0 Å². The number of hydrogen-bond donors (Lipinski definition) is 0. The molecule has 16 heavy (non-hydrogen) atoms. The lowest BCUT2D eigenvalue weighted by molar-refractivity contribution is -0.121. The van der Waals surface area contributed by atoms with E-state index < -0.39 is 0 Å². The van der Waals surface area contributed by atoms with Crippen LogP contribution in [0.15, 0.2) is 12.4 Å². The van der Waals surface area contributed by atoms with Crippen LogP contribution in [0.4, 0.5) is 0 Å². The predicted molar refractivity (Wildman–Crippen MR) is 59.1 cm³/mol. The van der Waals surface area contributed by atoms with Gasteiger partial charge in [-0.1, -0.05) is 13.8 Å². The van der Waals surface area contributed by atoms with Gasteiger partial charge in [0.05, 0.1) is 5.69 Å². The smallest absolute Gasteiger partial charge is 0.252 e. The number of rotatable bonds is 3. The average Bonchev–Trinajstić information content (AvgIpc) is 2.65. The first-order valence-electron chi connectivity index (χ1n) is 5.27. The Morgan fingerprint density at radius 3 is 2.94 bits per heavy atom. The molecule has 84 valence electrons. The van der Waals surface area contributed by atoms with Crippen molar-refractivity contribution in [2.45, 2.75) is 27.2 Å². The lowest BCUT2D eigenvalue weighted by Gasteiger charge is -2.06. The second kappa shape index (κ2) is 4.00. The quantitative estimate of drug-likeness (QED) is 0.776. The van der Waals surface area contributed by atoms with Crippen molar-refractivity contribution in [1.82, 2.24) is 19.6 Å². The Morgan fingerprint density at radius 2 is 2.25 bits per heavy atom. The van der Waals surface area contributed by atoms with Gasteiger partial charge in [0.2, 0.25) is 0 Å². The third kappa shape index (κ3) is 1.93. The molecule has 0 bridgehead atoms. The van der Waals surface area contributed by atoms with E-state index in [4.69, 9.17) is 0 Å². The van der Waals surface area contributed by atoms with E-state index in [0.29, 0.717) is 12.2 Å². The maximum atomic E-state index is 11.7. The summed E-state index contributed by atoms with van der Waals surface area (Å²) in [4.78, 5) is 20.0. The fourth-order valence-electron chi connectivity index (χ4n) is 1.52. The van der Waals surface area contributed by atoms with Crippen LogP contribution in [0.25, 0.3) is 5.78 Å². The van der Waals surface area contributed by atoms with Crippen LogP contribution in [0.1, 0.15) is 25.2 Å². The van der Waals surface area contributed by atoms with Gasteiger partial charge in [0.1, 0.15) is 12.1 Å². The van der Waals surface area contributed by atoms with Crippen LogP contribution in [0, 0.1) is 12.8 Å². The summed E-state index contributed by atoms with van der Waals surface area (Å²) in [6.45, 7) is 5.68. The van der Waals surface area contributed by atoms with E-state index >= 15 is 0 Å². The molecule has 2 heterocycles. The summed E-state index contributed by atoms with van der Waals surface area (Å²) >= 11 is 0. The zero-order valence-corrected chi connectivity index (χ0v) is 9.64. The summed E-state index contributed by atoms with van der Waals surface area (Å²) in [6.07, 6.45) is 1.83. The fraction of sp³-hybridized carbons (Fsp3) is 0.455. The number of carbonyl (C=O) groups is 1. The number of fused-ring (bicyclic) bond motifs is 1. The minimum atomic E-state index is 0.0343. The van der Waals surface area contributed by atoms with Gasteiger partial charge in [-0.2, -0.15) is 10.1 Å². The standard InChI is InChI=1S/C11H14N4O/c1-7(2)10(16)5-9-4-8(3)14-11-12-6-13-15(9)11/h4,6-7H,5H2,1-3H3. The SMILES string of the molecule is Cc1cc(CC(=O)C(C)C)n2ncnc2n1. The van der Waals surface area contributed by atoms with E-state index in [1.807, 2.05) is 26.8 Å². The van der Waals surface area contributed by atoms with E-state index in [-0.39, 0.29) is 11.7 Å². The monoisotopic (exact) mass is 218 g/mol. The Morgan fingerprint density at radius 1 is 1.50 bits per heavy atom. The van der Waals surface area contributed by atoms with Crippen molar-refractivity contribution in [1.29, 1.82) is 0 Å². The molecule has 0 amide bonds. The number of ketones is 1. The van der Waals surface area contributed by atoms with Crippen LogP contribution >= 0.6 is 0 Å². The van der Waals surface area contributed by atoms with Gasteiger partial charge in [-0.3, -0.25) is 4.79 Å². The highest BCUT2D eigenvalue weighted by atomic mass is 16.1. The van der Waals surface area contributed by atoms with Crippen molar-refractivity contribution in [2.24, 2.45) is 5.92 Å². The molecule has 0 radical (unpaired) electrons. The minimum absolute atomic E-state index is 0.0343. The summed E-state index contributed by atoms with van der Waals surface area (Å²) < 4.78 is 1.62. The van der Waals surface area contributed by atoms with Crippen LogP contribution in [-0.2, 0) is 11.2 Å². The van der Waals surface area contributed by atoms with Crippen molar-refractivity contribution in [3.63, 3.8) is 0 Å². The molecule has 5 nitrogen and oxygen atoms in total. The zero-order chi connectivity index (χ0) is 11.7.